The van der Waals surface area contributed by atoms with Gasteiger partial charge < -0.3 is 50.1 Å². The maximum Gasteiger partial charge on any atom is 0.246 e. The highest BCUT2D eigenvalue weighted by molar-refractivity contribution is 7.13. The Kier molecular flexibility index (Phi) is 15.9. The minimum absolute atomic E-state index is 0.0234. The summed E-state index contributed by atoms with van der Waals surface area (Å²) in [4.78, 5) is 65.5. The number of likely N-dealkylation sites (tertiary alicyclic amines) is 1. The van der Waals surface area contributed by atoms with Crippen LogP contribution < -0.4 is 31.3 Å². The Hall–Kier alpha value is -6.70. The molecule has 7 rings (SSSR count). The molecule has 1 aliphatic heterocycles. The van der Waals surface area contributed by atoms with Crippen molar-refractivity contribution in [1.29, 1.82) is 0 Å². The minimum Gasteiger partial charge on any atom is -0.491 e. The number of nitrogens with zero attached hydrogens (tertiary/aromatic N) is 8. The molecule has 1 unspecified atom stereocenters. The van der Waals surface area contributed by atoms with Crippen LogP contribution in [0.3, 0.4) is 0 Å². The van der Waals surface area contributed by atoms with Crippen molar-refractivity contribution in [2.45, 2.75) is 52.6 Å². The molecule has 0 saturated carbocycles. The van der Waals surface area contributed by atoms with E-state index in [1.54, 1.807) is 28.6 Å². The van der Waals surface area contributed by atoms with Crippen LogP contribution in [0.15, 0.2) is 79.0 Å². The lowest BCUT2D eigenvalue weighted by Crippen LogP contribution is -2.46. The van der Waals surface area contributed by atoms with Gasteiger partial charge >= 0.3 is 0 Å². The molecule has 0 aliphatic carbocycles. The van der Waals surface area contributed by atoms with Crippen molar-refractivity contribution in [3.8, 4) is 27.6 Å². The Labute approximate surface area is 382 Å². The SMILES string of the molecule is Cc1ncsc1-c1ccc(CNC(=O)C2CCCN2C(=O)CC(C)C)c(OCCOCCOCC(=O)NCCN(C)c2ccc(Nc3nc(-c4cncc(N)n4)cn4ccnc34)cc2)c1. The van der Waals surface area contributed by atoms with Crippen LogP contribution >= 0.6 is 11.3 Å². The van der Waals surface area contributed by atoms with E-state index in [-0.39, 0.29) is 56.6 Å². The summed E-state index contributed by atoms with van der Waals surface area (Å²) in [5, 5.41) is 9.31. The molecule has 342 valence electrons. The molecule has 1 aliphatic rings. The number of amides is 3. The monoisotopic (exact) mass is 904 g/mol. The first-order valence-electron chi connectivity index (χ1n) is 21.7. The predicted octanol–water partition coefficient (Wildman–Crippen LogP) is 5.26. The number of carbonyl (C=O) groups excluding carboxylic acids is 3. The number of ether oxygens (including phenoxy) is 3. The number of aromatic nitrogens is 6. The van der Waals surface area contributed by atoms with E-state index >= 15 is 0 Å². The number of rotatable bonds is 22. The fourth-order valence-corrected chi connectivity index (χ4v) is 8.18. The summed E-state index contributed by atoms with van der Waals surface area (Å²) in [7, 11) is 1.96. The lowest BCUT2D eigenvalue weighted by Gasteiger charge is -2.25. The van der Waals surface area contributed by atoms with Gasteiger partial charge in [0.1, 0.15) is 42.2 Å². The fourth-order valence-electron chi connectivity index (χ4n) is 7.38. The smallest absolute Gasteiger partial charge is 0.246 e. The first-order chi connectivity index (χ1) is 31.5. The Balaban J connectivity index is 0.801. The third-order valence-electron chi connectivity index (χ3n) is 10.7. The molecule has 2 aromatic carbocycles. The maximum atomic E-state index is 13.3. The topological polar surface area (TPSA) is 216 Å². The summed E-state index contributed by atoms with van der Waals surface area (Å²) < 4.78 is 19.4. The lowest BCUT2D eigenvalue weighted by molar-refractivity contribution is -0.139. The molecule has 0 bridgehead atoms. The zero-order valence-corrected chi connectivity index (χ0v) is 38.0. The van der Waals surface area contributed by atoms with Gasteiger partial charge in [-0.1, -0.05) is 26.0 Å². The molecule has 1 atom stereocenters. The van der Waals surface area contributed by atoms with Crippen molar-refractivity contribution in [2.75, 3.05) is 75.7 Å². The van der Waals surface area contributed by atoms with Crippen LogP contribution in [0, 0.1) is 12.8 Å². The summed E-state index contributed by atoms with van der Waals surface area (Å²) >= 11 is 1.55. The minimum atomic E-state index is -0.462. The summed E-state index contributed by atoms with van der Waals surface area (Å²) in [6.45, 7) is 8.85. The average molecular weight is 905 g/mol. The number of nitrogens with two attached hydrogens (primary N) is 1. The number of benzene rings is 2. The number of nitrogens with one attached hydrogen (secondary N) is 3. The van der Waals surface area contributed by atoms with Crippen molar-refractivity contribution in [2.24, 2.45) is 5.92 Å². The molecule has 0 spiro atoms. The van der Waals surface area contributed by atoms with E-state index in [0.717, 1.165) is 39.5 Å². The van der Waals surface area contributed by atoms with Crippen molar-refractivity contribution in [3.63, 3.8) is 0 Å². The summed E-state index contributed by atoms with van der Waals surface area (Å²) in [6, 6.07) is 13.3. The zero-order chi connectivity index (χ0) is 45.7. The number of hydrogen-bond acceptors (Lipinski definition) is 15. The molecule has 5 N–H and O–H groups in total. The second-order valence-electron chi connectivity index (χ2n) is 16.1. The first kappa shape index (κ1) is 46.3. The molecule has 18 nitrogen and oxygen atoms in total. The van der Waals surface area contributed by atoms with Crippen molar-refractivity contribution >= 4 is 57.7 Å². The van der Waals surface area contributed by atoms with Gasteiger partial charge in [-0.05, 0) is 61.6 Å². The van der Waals surface area contributed by atoms with Gasteiger partial charge in [0.15, 0.2) is 11.5 Å². The highest BCUT2D eigenvalue weighted by Crippen LogP contribution is 2.32. The van der Waals surface area contributed by atoms with E-state index in [0.29, 0.717) is 73.5 Å². The maximum absolute atomic E-state index is 13.3. The number of likely N-dealkylation sites (N-methyl/N-ethyl adjacent to an activating group) is 1. The van der Waals surface area contributed by atoms with E-state index in [4.69, 9.17) is 24.9 Å². The highest BCUT2D eigenvalue weighted by Gasteiger charge is 2.34. The van der Waals surface area contributed by atoms with Crippen LogP contribution in [0.5, 0.6) is 5.75 Å². The molecule has 1 fully saturated rings. The standard InChI is InChI=1S/C46H56N12O6S/c1-30(2)22-42(60)58-15-5-6-38(58)46(61)51-24-33-8-7-32(43-31(3)52-29-65-43)23-39(33)64-21-20-62-18-19-63-28-41(59)49-13-16-56(4)35-11-9-34(10-12-35)53-44-45-50-14-17-57(45)27-37(55-44)36-25-48-26-40(47)54-36/h7-12,14,17,23,25-27,29-30,38H,5-6,13,15-16,18-22,24,28H2,1-4H3,(H2,47,54)(H,49,59)(H,51,61)(H,53,55). The van der Waals surface area contributed by atoms with Crippen molar-refractivity contribution in [3.05, 3.63) is 90.2 Å². The molecule has 3 amide bonds. The quantitative estimate of drug-likeness (QED) is 0.0640. The highest BCUT2D eigenvalue weighted by atomic mass is 32.1. The van der Waals surface area contributed by atoms with Crippen LogP contribution in [0.1, 0.15) is 44.4 Å². The largest absolute Gasteiger partial charge is 0.491 e. The number of thiazole rings is 1. The zero-order valence-electron chi connectivity index (χ0n) is 37.2. The molecule has 5 heterocycles. The van der Waals surface area contributed by atoms with Crippen LogP contribution in [-0.2, 0) is 30.4 Å². The van der Waals surface area contributed by atoms with Gasteiger partial charge in [-0.15, -0.1) is 11.3 Å². The number of imidazole rings is 1. The molecule has 4 aromatic heterocycles. The number of anilines is 4. The van der Waals surface area contributed by atoms with Gasteiger partial charge in [-0.2, -0.15) is 0 Å². The number of hydrogen-bond donors (Lipinski definition) is 4. The van der Waals surface area contributed by atoms with Crippen LogP contribution in [-0.4, -0.2) is 118 Å². The Morgan fingerprint density at radius 1 is 0.985 bits per heavy atom. The number of fused-ring (bicyclic) bond motifs is 1. The average Bonchev–Trinajstić information content (AvgIpc) is 4.09. The number of carbonyl (C=O) groups is 3. The van der Waals surface area contributed by atoms with E-state index in [2.05, 4.69) is 35.9 Å². The van der Waals surface area contributed by atoms with E-state index in [9.17, 15) is 14.4 Å². The molecule has 19 heteroatoms. The fraction of sp³-hybridized carbons (Fsp3) is 0.391. The van der Waals surface area contributed by atoms with E-state index in [1.807, 2.05) is 97.5 Å². The first-order valence-corrected chi connectivity index (χ1v) is 22.6. The van der Waals surface area contributed by atoms with Crippen molar-refractivity contribution < 1.29 is 28.6 Å². The lowest BCUT2D eigenvalue weighted by atomic mass is 10.1. The molecular formula is C46H56N12O6S. The van der Waals surface area contributed by atoms with Gasteiger partial charge in [0.05, 0.1) is 48.3 Å². The Morgan fingerprint density at radius 2 is 1.80 bits per heavy atom. The summed E-state index contributed by atoms with van der Waals surface area (Å²) in [5.41, 5.74) is 14.0. The Morgan fingerprint density at radius 3 is 2.58 bits per heavy atom. The predicted molar refractivity (Wildman–Crippen MR) is 250 cm³/mol. The van der Waals surface area contributed by atoms with Crippen LogP contribution in [0.25, 0.3) is 27.5 Å². The molecule has 0 radical (unpaired) electrons. The van der Waals surface area contributed by atoms with Gasteiger partial charge in [0.25, 0.3) is 0 Å². The molecular weight excluding hydrogens is 849 g/mol. The van der Waals surface area contributed by atoms with Crippen LogP contribution in [0.2, 0.25) is 0 Å². The van der Waals surface area contributed by atoms with Crippen molar-refractivity contribution in [1.82, 2.24) is 44.9 Å². The summed E-state index contributed by atoms with van der Waals surface area (Å²) in [6.07, 6.45) is 10.4. The van der Waals surface area contributed by atoms with Gasteiger partial charge in [0, 0.05) is 75.2 Å². The molecule has 65 heavy (non-hydrogen) atoms. The Bertz CT molecular complexity index is 2550. The summed E-state index contributed by atoms with van der Waals surface area (Å²) in [5.74, 6) is 1.37. The number of aryl methyl sites for hydroxylation is 1. The van der Waals surface area contributed by atoms with Gasteiger partial charge in [0.2, 0.25) is 17.7 Å². The molecule has 6 aromatic rings. The number of nitrogen functional groups attached to an aromatic ring is 1. The molecule has 1 saturated heterocycles. The third kappa shape index (κ3) is 12.5. The second-order valence-corrected chi connectivity index (χ2v) is 16.9. The third-order valence-corrected chi connectivity index (χ3v) is 11.7. The van der Waals surface area contributed by atoms with Gasteiger partial charge in [-0.3, -0.25) is 19.4 Å². The normalized spacial score (nSPS) is 13.6. The second kappa shape index (κ2) is 22.3. The van der Waals surface area contributed by atoms with Crippen LogP contribution in [0.4, 0.5) is 23.0 Å². The van der Waals surface area contributed by atoms with E-state index < -0.39 is 6.04 Å². The van der Waals surface area contributed by atoms with Gasteiger partial charge in [-0.25, -0.2) is 19.9 Å². The van der Waals surface area contributed by atoms with E-state index in [1.165, 1.54) is 6.20 Å².